The third-order valence-electron chi connectivity index (χ3n) is 6.18. The second-order valence-corrected chi connectivity index (χ2v) is 13.0. The molecule has 0 saturated carbocycles. The van der Waals surface area contributed by atoms with Gasteiger partial charge in [-0.05, 0) is 42.5 Å². The maximum Gasteiger partial charge on any atom is 0.261 e. The first-order valence-corrected chi connectivity index (χ1v) is 15.3. The second kappa shape index (κ2) is 13.4. The number of nitrogens with zero attached hydrogens (tertiary/aromatic N) is 2. The highest BCUT2D eigenvalue weighted by Crippen LogP contribution is 2.21. The SMILES string of the molecule is O=C(NCC(COCCN1CCS(=O)(=O)CC1)NC(=O)c1ccc(Cl)s1)c1ccc(-n2ccccc2=O)cc1. The van der Waals surface area contributed by atoms with Gasteiger partial charge in [0.2, 0.25) is 0 Å². The van der Waals surface area contributed by atoms with Gasteiger partial charge >= 0.3 is 0 Å². The molecule has 0 spiro atoms. The predicted molar refractivity (Wildman–Crippen MR) is 151 cm³/mol. The van der Waals surface area contributed by atoms with Crippen molar-refractivity contribution in [2.75, 3.05) is 50.9 Å². The van der Waals surface area contributed by atoms with E-state index in [2.05, 4.69) is 10.6 Å². The quantitative estimate of drug-likeness (QED) is 0.325. The number of ether oxygens (including phenoxy) is 1. The average Bonchev–Trinajstić information content (AvgIpc) is 3.37. The Bertz CT molecular complexity index is 1440. The van der Waals surface area contributed by atoms with Gasteiger partial charge in [0.1, 0.15) is 0 Å². The number of nitrogens with one attached hydrogen (secondary N) is 2. The Morgan fingerprint density at radius 1 is 1.03 bits per heavy atom. The number of halogens is 1. The summed E-state index contributed by atoms with van der Waals surface area (Å²) in [7, 11) is -2.95. The number of carbonyl (C=O) groups is 2. The molecule has 1 fully saturated rings. The van der Waals surface area contributed by atoms with Gasteiger partial charge in [-0.1, -0.05) is 17.7 Å². The molecule has 1 atom stereocenters. The minimum absolute atomic E-state index is 0.117. The molecule has 0 aliphatic carbocycles. The fourth-order valence-electron chi connectivity index (χ4n) is 3.97. The van der Waals surface area contributed by atoms with Crippen LogP contribution in [0.3, 0.4) is 0 Å². The van der Waals surface area contributed by atoms with Crippen LogP contribution in [0.15, 0.2) is 65.6 Å². The van der Waals surface area contributed by atoms with Gasteiger partial charge in [0.15, 0.2) is 9.84 Å². The first-order valence-electron chi connectivity index (χ1n) is 12.3. The lowest BCUT2D eigenvalue weighted by molar-refractivity contribution is 0.0747. The molecule has 3 aromatic rings. The van der Waals surface area contributed by atoms with Crippen molar-refractivity contribution in [3.8, 4) is 5.69 Å². The fraction of sp³-hybridized carbons (Fsp3) is 0.346. The number of benzene rings is 1. The molecule has 1 unspecified atom stereocenters. The highest BCUT2D eigenvalue weighted by molar-refractivity contribution is 7.91. The molecule has 1 aliphatic rings. The molecule has 0 bridgehead atoms. The van der Waals surface area contributed by atoms with Crippen LogP contribution in [0.1, 0.15) is 20.0 Å². The summed E-state index contributed by atoms with van der Waals surface area (Å²) in [5, 5.41) is 5.71. The number of carbonyl (C=O) groups excluding carboxylic acids is 2. The molecule has 2 N–H and O–H groups in total. The zero-order valence-electron chi connectivity index (χ0n) is 21.0. The van der Waals surface area contributed by atoms with Crippen LogP contribution in [-0.2, 0) is 14.6 Å². The van der Waals surface area contributed by atoms with Gasteiger partial charge in [-0.3, -0.25) is 23.9 Å². The maximum absolute atomic E-state index is 12.8. The van der Waals surface area contributed by atoms with Crippen molar-refractivity contribution in [2.45, 2.75) is 6.04 Å². The fourth-order valence-corrected chi connectivity index (χ4v) is 6.19. The molecule has 1 saturated heterocycles. The summed E-state index contributed by atoms with van der Waals surface area (Å²) in [5.74, 6) is -0.377. The normalized spacial score (nSPS) is 15.9. The van der Waals surface area contributed by atoms with E-state index in [-0.39, 0.29) is 42.0 Å². The monoisotopic (exact) mass is 592 g/mol. The van der Waals surface area contributed by atoms with Crippen LogP contribution < -0.4 is 16.2 Å². The molecule has 3 heterocycles. The van der Waals surface area contributed by atoms with Crippen LogP contribution in [0, 0.1) is 0 Å². The summed E-state index contributed by atoms with van der Waals surface area (Å²) in [5.41, 5.74) is 0.862. The molecule has 0 radical (unpaired) electrons. The van der Waals surface area contributed by atoms with E-state index in [1.807, 2.05) is 4.90 Å². The summed E-state index contributed by atoms with van der Waals surface area (Å²) in [6, 6.07) is 14.2. The molecule has 2 aromatic heterocycles. The molecule has 39 heavy (non-hydrogen) atoms. The van der Waals surface area contributed by atoms with Gasteiger partial charge in [0.25, 0.3) is 17.4 Å². The molecular formula is C26H29ClN4O6S2. The smallest absolute Gasteiger partial charge is 0.261 e. The van der Waals surface area contributed by atoms with Crippen molar-refractivity contribution in [2.24, 2.45) is 0 Å². The van der Waals surface area contributed by atoms with Gasteiger partial charge in [-0.2, -0.15) is 0 Å². The Hall–Kier alpha value is -3.03. The van der Waals surface area contributed by atoms with Crippen molar-refractivity contribution >= 4 is 44.6 Å². The number of hydrogen-bond acceptors (Lipinski definition) is 8. The third kappa shape index (κ3) is 8.48. The van der Waals surface area contributed by atoms with E-state index in [0.29, 0.717) is 46.7 Å². The van der Waals surface area contributed by atoms with E-state index in [9.17, 15) is 22.8 Å². The Kier molecular flexibility index (Phi) is 9.92. The molecule has 4 rings (SSSR count). The van der Waals surface area contributed by atoms with Crippen molar-refractivity contribution < 1.29 is 22.7 Å². The molecule has 1 aliphatic heterocycles. The van der Waals surface area contributed by atoms with Gasteiger partial charge < -0.3 is 15.4 Å². The summed E-state index contributed by atoms with van der Waals surface area (Å²) in [4.78, 5) is 40.0. The molecule has 208 valence electrons. The Morgan fingerprint density at radius 2 is 1.77 bits per heavy atom. The van der Waals surface area contributed by atoms with E-state index in [1.54, 1.807) is 54.7 Å². The first-order chi connectivity index (χ1) is 18.7. The van der Waals surface area contributed by atoms with Crippen molar-refractivity contribution in [1.29, 1.82) is 0 Å². The number of hydrogen-bond donors (Lipinski definition) is 2. The van der Waals surface area contributed by atoms with E-state index in [1.165, 1.54) is 10.6 Å². The van der Waals surface area contributed by atoms with Crippen molar-refractivity contribution in [1.82, 2.24) is 20.1 Å². The molecule has 10 nitrogen and oxygen atoms in total. The van der Waals surface area contributed by atoms with Crippen LogP contribution >= 0.6 is 22.9 Å². The molecule has 13 heteroatoms. The number of pyridine rings is 1. The van der Waals surface area contributed by atoms with E-state index in [0.717, 1.165) is 11.3 Å². The summed E-state index contributed by atoms with van der Waals surface area (Å²) >= 11 is 7.11. The standard InChI is InChI=1S/C26H29ClN4O6S2/c27-23-9-8-22(38-23)26(34)29-20(18-37-14-11-30-12-15-39(35,36)16-13-30)17-28-25(33)19-4-6-21(7-5-19)31-10-2-1-3-24(31)32/h1-10,20H,11-18H2,(H,28,33)(H,29,34). The first kappa shape index (κ1) is 29.0. The predicted octanol–water partition coefficient (Wildman–Crippen LogP) is 1.83. The van der Waals surface area contributed by atoms with E-state index < -0.39 is 15.9 Å². The minimum atomic E-state index is -2.95. The zero-order chi connectivity index (χ0) is 27.8. The summed E-state index contributed by atoms with van der Waals surface area (Å²) in [6.07, 6.45) is 1.65. The topological polar surface area (TPSA) is 127 Å². The van der Waals surface area contributed by atoms with Gasteiger partial charge in [-0.15, -0.1) is 11.3 Å². The Labute approximate surface area is 235 Å². The highest BCUT2D eigenvalue weighted by atomic mass is 35.5. The number of thiophene rings is 1. The summed E-state index contributed by atoms with van der Waals surface area (Å²) < 4.78 is 31.0. The van der Waals surface area contributed by atoms with E-state index in [4.69, 9.17) is 16.3 Å². The largest absolute Gasteiger partial charge is 0.378 e. The lowest BCUT2D eigenvalue weighted by Gasteiger charge is -2.26. The number of amides is 2. The lowest BCUT2D eigenvalue weighted by atomic mass is 10.2. The molecular weight excluding hydrogens is 564 g/mol. The average molecular weight is 593 g/mol. The van der Waals surface area contributed by atoms with Crippen molar-refractivity contribution in [3.05, 3.63) is 85.9 Å². The second-order valence-electron chi connectivity index (χ2n) is 9.01. The van der Waals surface area contributed by atoms with Crippen LogP contribution in [0.2, 0.25) is 4.34 Å². The summed E-state index contributed by atoms with van der Waals surface area (Å²) in [6.45, 7) is 2.13. The van der Waals surface area contributed by atoms with E-state index >= 15 is 0 Å². The molecule has 1 aromatic carbocycles. The lowest BCUT2D eigenvalue weighted by Crippen LogP contribution is -2.47. The number of rotatable bonds is 11. The Morgan fingerprint density at radius 3 is 2.44 bits per heavy atom. The van der Waals surface area contributed by atoms with Crippen LogP contribution in [-0.4, -0.2) is 86.6 Å². The third-order valence-corrected chi connectivity index (χ3v) is 9.02. The highest BCUT2D eigenvalue weighted by Gasteiger charge is 2.22. The van der Waals surface area contributed by atoms with Crippen LogP contribution in [0.25, 0.3) is 5.69 Å². The molecule has 2 amide bonds. The minimum Gasteiger partial charge on any atom is -0.378 e. The maximum atomic E-state index is 12.8. The van der Waals surface area contributed by atoms with Gasteiger partial charge in [0.05, 0.1) is 40.0 Å². The number of sulfone groups is 1. The van der Waals surface area contributed by atoms with Gasteiger partial charge in [-0.25, -0.2) is 8.42 Å². The van der Waals surface area contributed by atoms with Gasteiger partial charge in [0, 0.05) is 49.7 Å². The zero-order valence-corrected chi connectivity index (χ0v) is 23.4. The Balaban J connectivity index is 1.32. The number of aromatic nitrogens is 1. The van der Waals surface area contributed by atoms with Crippen molar-refractivity contribution in [3.63, 3.8) is 0 Å². The van der Waals surface area contributed by atoms with Crippen LogP contribution in [0.4, 0.5) is 0 Å². The van der Waals surface area contributed by atoms with Crippen LogP contribution in [0.5, 0.6) is 0 Å².